The van der Waals surface area contributed by atoms with Crippen LogP contribution in [0.2, 0.25) is 0 Å². The lowest BCUT2D eigenvalue weighted by atomic mass is 10.1. The molecule has 1 aromatic heterocycles. The minimum absolute atomic E-state index is 0.149. The van der Waals surface area contributed by atoms with Gasteiger partial charge in [0.25, 0.3) is 0 Å². The second kappa shape index (κ2) is 9.19. The highest BCUT2D eigenvalue weighted by molar-refractivity contribution is 5.80. The van der Waals surface area contributed by atoms with Crippen LogP contribution >= 0.6 is 0 Å². The van der Waals surface area contributed by atoms with Crippen molar-refractivity contribution in [3.05, 3.63) is 35.8 Å². The number of imidazole rings is 1. The number of likely N-dealkylation sites (tertiary alicyclic amines) is 1. The summed E-state index contributed by atoms with van der Waals surface area (Å²) in [6.07, 6.45) is -4.55. The van der Waals surface area contributed by atoms with Crippen LogP contribution in [0, 0.1) is 6.92 Å². The molecule has 1 aromatic carbocycles. The Kier molecular flexibility index (Phi) is 7.12. The number of benzene rings is 1. The fourth-order valence-electron chi connectivity index (χ4n) is 3.12. The number of carboxylic acids is 1. The maximum absolute atomic E-state index is 12.1. The van der Waals surface area contributed by atoms with E-state index in [1.807, 2.05) is 36.1 Å². The fourth-order valence-corrected chi connectivity index (χ4v) is 3.12. The van der Waals surface area contributed by atoms with Gasteiger partial charge in [0.1, 0.15) is 11.6 Å². The van der Waals surface area contributed by atoms with Gasteiger partial charge in [-0.15, -0.1) is 0 Å². The number of alkyl halides is 3. The van der Waals surface area contributed by atoms with E-state index in [-0.39, 0.29) is 17.9 Å². The number of carbonyl (C=O) groups is 2. The number of hydrogen-bond acceptors (Lipinski definition) is 4. The average molecular weight is 427 g/mol. The van der Waals surface area contributed by atoms with E-state index in [0.717, 1.165) is 35.1 Å². The van der Waals surface area contributed by atoms with Gasteiger partial charge in [-0.05, 0) is 45.0 Å². The molecule has 2 N–H and O–H groups in total. The second-order valence-electron chi connectivity index (χ2n) is 7.17. The number of hydrogen-bond donors (Lipinski definition) is 2. The number of carboxylic acid groups (broad SMARTS) is 1. The molecule has 1 amide bonds. The third-order valence-electron chi connectivity index (χ3n) is 4.68. The molecule has 3 rings (SSSR count). The van der Waals surface area contributed by atoms with E-state index >= 15 is 0 Å². The standard InChI is InChI=1S/C18H23N3O2.C2HF3O2/c1-11(2)21-10-14(9-16(21)22)18-19-12(3)17(20-18)13-5-7-15(23-4)8-6-13;3-2(4,5)1(6)7/h5-8,11,14H,9-10H2,1-4H3,(H,19,20);(H,6,7). The van der Waals surface area contributed by atoms with Gasteiger partial charge >= 0.3 is 12.1 Å². The molecule has 2 heterocycles. The van der Waals surface area contributed by atoms with Crippen LogP contribution in [0.5, 0.6) is 5.75 Å². The van der Waals surface area contributed by atoms with E-state index in [1.54, 1.807) is 7.11 Å². The smallest absolute Gasteiger partial charge is 0.490 e. The van der Waals surface area contributed by atoms with Crippen LogP contribution in [0.3, 0.4) is 0 Å². The van der Waals surface area contributed by atoms with Crippen molar-refractivity contribution in [2.24, 2.45) is 0 Å². The molecule has 7 nitrogen and oxygen atoms in total. The summed E-state index contributed by atoms with van der Waals surface area (Å²) in [6.45, 7) is 6.87. The molecule has 1 atom stereocenters. The first-order valence-electron chi connectivity index (χ1n) is 9.24. The van der Waals surface area contributed by atoms with Gasteiger partial charge in [0.2, 0.25) is 5.91 Å². The molecule has 10 heteroatoms. The van der Waals surface area contributed by atoms with E-state index in [1.165, 1.54) is 0 Å². The highest BCUT2D eigenvalue weighted by Crippen LogP contribution is 2.31. The van der Waals surface area contributed by atoms with Gasteiger partial charge in [0, 0.05) is 36.2 Å². The maximum atomic E-state index is 12.1. The summed E-state index contributed by atoms with van der Waals surface area (Å²) in [5.74, 6) is -0.658. The van der Waals surface area contributed by atoms with Crippen LogP contribution < -0.4 is 4.74 Å². The zero-order valence-electron chi connectivity index (χ0n) is 17.1. The molecule has 0 bridgehead atoms. The number of aromatic amines is 1. The minimum atomic E-state index is -5.08. The van der Waals surface area contributed by atoms with Crippen molar-refractivity contribution in [1.29, 1.82) is 0 Å². The molecule has 1 aliphatic heterocycles. The lowest BCUT2D eigenvalue weighted by Gasteiger charge is -2.20. The number of carbonyl (C=O) groups excluding carboxylic acids is 1. The first-order valence-corrected chi connectivity index (χ1v) is 9.24. The van der Waals surface area contributed by atoms with Crippen molar-refractivity contribution in [3.63, 3.8) is 0 Å². The lowest BCUT2D eigenvalue weighted by molar-refractivity contribution is -0.192. The van der Waals surface area contributed by atoms with Crippen molar-refractivity contribution in [2.75, 3.05) is 13.7 Å². The number of halogens is 3. The number of nitrogens with zero attached hydrogens (tertiary/aromatic N) is 2. The summed E-state index contributed by atoms with van der Waals surface area (Å²) in [5.41, 5.74) is 3.02. The summed E-state index contributed by atoms with van der Waals surface area (Å²) in [6, 6.07) is 8.12. The first-order chi connectivity index (χ1) is 13.9. The van der Waals surface area contributed by atoms with Crippen molar-refractivity contribution < 1.29 is 32.6 Å². The maximum Gasteiger partial charge on any atom is 0.490 e. The Labute approximate surface area is 171 Å². The molecule has 1 saturated heterocycles. The summed E-state index contributed by atoms with van der Waals surface area (Å²) in [4.78, 5) is 31.1. The molecule has 0 radical (unpaired) electrons. The Hall–Kier alpha value is -3.04. The number of aliphatic carboxylic acids is 1. The van der Waals surface area contributed by atoms with Gasteiger partial charge in [0.15, 0.2) is 0 Å². The summed E-state index contributed by atoms with van der Waals surface area (Å²) < 4.78 is 36.9. The topological polar surface area (TPSA) is 95.5 Å². The van der Waals surface area contributed by atoms with Crippen molar-refractivity contribution in [3.8, 4) is 17.0 Å². The van der Waals surface area contributed by atoms with Gasteiger partial charge in [0.05, 0.1) is 12.8 Å². The van der Waals surface area contributed by atoms with E-state index in [4.69, 9.17) is 19.6 Å². The molecule has 0 saturated carbocycles. The van der Waals surface area contributed by atoms with E-state index in [9.17, 15) is 18.0 Å². The number of aromatic nitrogens is 2. The van der Waals surface area contributed by atoms with Crippen LogP contribution in [-0.2, 0) is 9.59 Å². The highest BCUT2D eigenvalue weighted by Gasteiger charge is 2.38. The van der Waals surface area contributed by atoms with E-state index in [2.05, 4.69) is 18.8 Å². The van der Waals surface area contributed by atoms with Crippen molar-refractivity contribution >= 4 is 11.9 Å². The molecule has 30 heavy (non-hydrogen) atoms. The van der Waals surface area contributed by atoms with E-state index in [0.29, 0.717) is 6.42 Å². The number of amides is 1. The lowest BCUT2D eigenvalue weighted by Crippen LogP contribution is -2.31. The molecule has 2 aromatic rings. The zero-order valence-corrected chi connectivity index (χ0v) is 17.1. The Balaban J connectivity index is 0.000000396. The molecular formula is C20H24F3N3O4. The third kappa shape index (κ3) is 5.52. The van der Waals surface area contributed by atoms with Crippen LogP contribution in [0.15, 0.2) is 24.3 Å². The number of ether oxygens (including phenoxy) is 1. The summed E-state index contributed by atoms with van der Waals surface area (Å²) in [5, 5.41) is 7.12. The second-order valence-corrected chi connectivity index (χ2v) is 7.17. The van der Waals surface area contributed by atoms with Crippen molar-refractivity contribution in [1.82, 2.24) is 14.9 Å². The number of aryl methyl sites for hydroxylation is 1. The summed E-state index contributed by atoms with van der Waals surface area (Å²) in [7, 11) is 1.66. The Morgan fingerprint density at radius 1 is 1.30 bits per heavy atom. The highest BCUT2D eigenvalue weighted by atomic mass is 19.4. The molecule has 164 valence electrons. The van der Waals surface area contributed by atoms with Crippen molar-refractivity contribution in [2.45, 2.75) is 45.3 Å². The molecule has 1 unspecified atom stereocenters. The number of H-pyrrole nitrogens is 1. The molecular weight excluding hydrogens is 403 g/mol. The van der Waals surface area contributed by atoms with E-state index < -0.39 is 12.1 Å². The monoisotopic (exact) mass is 427 g/mol. The minimum Gasteiger partial charge on any atom is -0.497 e. The zero-order chi connectivity index (χ0) is 22.6. The van der Waals surface area contributed by atoms with Crippen LogP contribution in [0.4, 0.5) is 13.2 Å². The van der Waals surface area contributed by atoms with Gasteiger partial charge in [-0.3, -0.25) is 4.79 Å². The normalized spacial score (nSPS) is 16.5. The van der Waals surface area contributed by atoms with Crippen LogP contribution in [0.1, 0.15) is 37.7 Å². The SMILES string of the molecule is COc1ccc(-c2nc(C3CC(=O)N(C(C)C)C3)[nH]c2C)cc1.O=C(O)C(F)(F)F. The average Bonchev–Trinajstić information content (AvgIpc) is 3.24. The van der Waals surface area contributed by atoms with Gasteiger partial charge in [-0.1, -0.05) is 0 Å². The first kappa shape index (κ1) is 23.2. The third-order valence-corrected chi connectivity index (χ3v) is 4.68. The predicted octanol–water partition coefficient (Wildman–Crippen LogP) is 3.75. The van der Waals surface area contributed by atoms with Gasteiger partial charge in [-0.25, -0.2) is 9.78 Å². The fraction of sp³-hybridized carbons (Fsp3) is 0.450. The number of methoxy groups -OCH3 is 1. The quantitative estimate of drug-likeness (QED) is 0.775. The predicted molar refractivity (Wildman–Crippen MR) is 103 cm³/mol. The molecule has 0 aliphatic carbocycles. The van der Waals surface area contributed by atoms with Crippen LogP contribution in [-0.4, -0.2) is 57.7 Å². The summed E-state index contributed by atoms with van der Waals surface area (Å²) >= 11 is 0. The Bertz CT molecular complexity index is 892. The van der Waals surface area contributed by atoms with Gasteiger partial charge in [-0.2, -0.15) is 13.2 Å². The molecule has 0 spiro atoms. The molecule has 1 fully saturated rings. The Morgan fingerprint density at radius 2 is 1.87 bits per heavy atom. The Morgan fingerprint density at radius 3 is 2.30 bits per heavy atom. The van der Waals surface area contributed by atoms with Crippen LogP contribution in [0.25, 0.3) is 11.3 Å². The largest absolute Gasteiger partial charge is 0.497 e. The van der Waals surface area contributed by atoms with Gasteiger partial charge < -0.3 is 19.7 Å². The number of nitrogens with one attached hydrogen (secondary N) is 1. The molecule has 1 aliphatic rings. The number of rotatable bonds is 4.